The van der Waals surface area contributed by atoms with Crippen molar-refractivity contribution < 1.29 is 0 Å². The van der Waals surface area contributed by atoms with Gasteiger partial charge < -0.3 is 10.2 Å². The van der Waals surface area contributed by atoms with Crippen LogP contribution in [-0.4, -0.2) is 25.7 Å². The summed E-state index contributed by atoms with van der Waals surface area (Å²) in [4.78, 5) is 2.52. The van der Waals surface area contributed by atoms with E-state index >= 15 is 0 Å². The molecule has 1 aromatic carbocycles. The lowest BCUT2D eigenvalue weighted by Gasteiger charge is -2.33. The minimum absolute atomic E-state index is 0.681. The van der Waals surface area contributed by atoms with E-state index < -0.39 is 0 Å². The van der Waals surface area contributed by atoms with E-state index in [1.807, 2.05) is 0 Å². The topological polar surface area (TPSA) is 15.3 Å². The fourth-order valence-corrected chi connectivity index (χ4v) is 2.95. The molecule has 1 aromatic rings. The van der Waals surface area contributed by atoms with Crippen LogP contribution in [0.5, 0.6) is 0 Å². The highest BCUT2D eigenvalue weighted by atomic mass is 15.1. The monoisotopic (exact) mass is 246 g/mol. The van der Waals surface area contributed by atoms with Gasteiger partial charge in [0.05, 0.1) is 0 Å². The first-order valence-corrected chi connectivity index (χ1v) is 7.24. The predicted molar refractivity (Wildman–Crippen MR) is 79.3 cm³/mol. The molecular weight excluding hydrogens is 220 g/mol. The molecule has 2 heteroatoms. The second kappa shape index (κ2) is 6.24. The summed E-state index contributed by atoms with van der Waals surface area (Å²) in [6.07, 6.45) is 2.62. The molecule has 0 spiro atoms. The van der Waals surface area contributed by atoms with Crippen LogP contribution in [0.2, 0.25) is 0 Å². The molecule has 2 rings (SSSR count). The molecule has 1 fully saturated rings. The van der Waals surface area contributed by atoms with E-state index in [1.165, 1.54) is 37.2 Å². The number of nitrogens with zero attached hydrogens (tertiary/aromatic N) is 1. The Morgan fingerprint density at radius 2 is 2.22 bits per heavy atom. The first-order chi connectivity index (χ1) is 8.69. The Bertz CT molecular complexity index is 375. The van der Waals surface area contributed by atoms with Crippen LogP contribution in [0.3, 0.4) is 0 Å². The maximum atomic E-state index is 3.53. The molecule has 18 heavy (non-hydrogen) atoms. The van der Waals surface area contributed by atoms with E-state index in [1.54, 1.807) is 0 Å². The Hall–Kier alpha value is -1.02. The molecule has 1 aliphatic heterocycles. The zero-order valence-corrected chi connectivity index (χ0v) is 11.9. The van der Waals surface area contributed by atoms with Crippen LogP contribution in [-0.2, 0) is 0 Å². The summed E-state index contributed by atoms with van der Waals surface area (Å²) >= 11 is 0. The van der Waals surface area contributed by atoms with Crippen molar-refractivity contribution in [3.63, 3.8) is 0 Å². The number of hydrogen-bond donors (Lipinski definition) is 1. The van der Waals surface area contributed by atoms with E-state index in [4.69, 9.17) is 0 Å². The average Bonchev–Trinajstić information content (AvgIpc) is 2.36. The van der Waals surface area contributed by atoms with E-state index in [0.29, 0.717) is 6.04 Å². The Morgan fingerprint density at radius 3 is 2.89 bits per heavy atom. The maximum Gasteiger partial charge on any atom is 0.0368 e. The number of benzene rings is 1. The van der Waals surface area contributed by atoms with Crippen LogP contribution in [0.1, 0.15) is 32.3 Å². The molecule has 1 aliphatic rings. The standard InChI is InChI=1S/C16H26N2/c1-4-18(16-7-5-6-13(2)10-16)12-15-8-9-17-14(3)11-15/h5-7,10,14-15,17H,4,8-9,11-12H2,1-3H3. The molecule has 2 nitrogen and oxygen atoms in total. The minimum Gasteiger partial charge on any atom is -0.372 e. The highest BCUT2D eigenvalue weighted by Crippen LogP contribution is 2.22. The van der Waals surface area contributed by atoms with Crippen molar-refractivity contribution >= 4 is 5.69 Å². The summed E-state index contributed by atoms with van der Waals surface area (Å²) in [5.41, 5.74) is 2.73. The zero-order valence-electron chi connectivity index (χ0n) is 11.9. The summed E-state index contributed by atoms with van der Waals surface area (Å²) in [6, 6.07) is 9.55. The largest absolute Gasteiger partial charge is 0.372 e. The fraction of sp³-hybridized carbons (Fsp3) is 0.625. The van der Waals surface area contributed by atoms with Gasteiger partial charge in [0.2, 0.25) is 0 Å². The number of anilines is 1. The Labute approximate surface area is 111 Å². The van der Waals surface area contributed by atoms with Crippen molar-refractivity contribution in [2.75, 3.05) is 24.5 Å². The molecule has 100 valence electrons. The summed E-state index contributed by atoms with van der Waals surface area (Å²) in [5.74, 6) is 0.835. The Balaban J connectivity index is 2.00. The molecule has 0 radical (unpaired) electrons. The second-order valence-electron chi connectivity index (χ2n) is 5.62. The van der Waals surface area contributed by atoms with Gasteiger partial charge in [-0.1, -0.05) is 12.1 Å². The highest BCUT2D eigenvalue weighted by Gasteiger charge is 2.20. The number of piperidine rings is 1. The molecule has 1 N–H and O–H groups in total. The van der Waals surface area contributed by atoms with Crippen LogP contribution in [0.4, 0.5) is 5.69 Å². The minimum atomic E-state index is 0.681. The number of hydrogen-bond acceptors (Lipinski definition) is 2. The smallest absolute Gasteiger partial charge is 0.0368 e. The summed E-state index contributed by atoms with van der Waals surface area (Å²) in [5, 5.41) is 3.53. The summed E-state index contributed by atoms with van der Waals surface area (Å²) in [7, 11) is 0. The molecule has 2 unspecified atom stereocenters. The number of rotatable bonds is 4. The van der Waals surface area contributed by atoms with Crippen LogP contribution in [0.25, 0.3) is 0 Å². The summed E-state index contributed by atoms with van der Waals surface area (Å²) in [6.45, 7) is 10.2. The average molecular weight is 246 g/mol. The molecule has 0 aromatic heterocycles. The van der Waals surface area contributed by atoms with Crippen molar-refractivity contribution in [2.24, 2.45) is 5.92 Å². The molecule has 0 saturated carbocycles. The first-order valence-electron chi connectivity index (χ1n) is 7.24. The number of nitrogens with one attached hydrogen (secondary N) is 1. The van der Waals surface area contributed by atoms with E-state index in [2.05, 4.69) is 55.3 Å². The quantitative estimate of drug-likeness (QED) is 0.877. The van der Waals surface area contributed by atoms with Crippen LogP contribution < -0.4 is 10.2 Å². The third-order valence-electron chi connectivity index (χ3n) is 3.96. The van der Waals surface area contributed by atoms with Crippen molar-refractivity contribution in [2.45, 2.75) is 39.7 Å². The van der Waals surface area contributed by atoms with Gasteiger partial charge >= 0.3 is 0 Å². The van der Waals surface area contributed by atoms with E-state index in [-0.39, 0.29) is 0 Å². The van der Waals surface area contributed by atoms with Gasteiger partial charge in [-0.05, 0) is 63.8 Å². The van der Waals surface area contributed by atoms with E-state index in [9.17, 15) is 0 Å². The zero-order chi connectivity index (χ0) is 13.0. The first kappa shape index (κ1) is 13.4. The van der Waals surface area contributed by atoms with Crippen molar-refractivity contribution in [3.8, 4) is 0 Å². The SMILES string of the molecule is CCN(CC1CCNC(C)C1)c1cccc(C)c1. The molecule has 0 aliphatic carbocycles. The number of aryl methyl sites for hydroxylation is 1. The lowest BCUT2D eigenvalue weighted by Crippen LogP contribution is -2.40. The lowest BCUT2D eigenvalue weighted by molar-refractivity contribution is 0.317. The van der Waals surface area contributed by atoms with Gasteiger partial charge in [-0.2, -0.15) is 0 Å². The van der Waals surface area contributed by atoms with Gasteiger partial charge in [-0.15, -0.1) is 0 Å². The normalized spacial score (nSPS) is 23.9. The molecule has 1 heterocycles. The van der Waals surface area contributed by atoms with Gasteiger partial charge in [-0.3, -0.25) is 0 Å². The fourth-order valence-electron chi connectivity index (χ4n) is 2.95. The van der Waals surface area contributed by atoms with Crippen molar-refractivity contribution in [1.82, 2.24) is 5.32 Å². The van der Waals surface area contributed by atoms with Crippen molar-refractivity contribution in [3.05, 3.63) is 29.8 Å². The predicted octanol–water partition coefficient (Wildman–Crippen LogP) is 3.21. The van der Waals surface area contributed by atoms with Gasteiger partial charge in [-0.25, -0.2) is 0 Å². The molecule has 0 amide bonds. The van der Waals surface area contributed by atoms with Crippen LogP contribution in [0.15, 0.2) is 24.3 Å². The highest BCUT2D eigenvalue weighted by molar-refractivity contribution is 5.48. The Kier molecular flexibility index (Phi) is 4.65. The molecular formula is C16H26N2. The molecule has 1 saturated heterocycles. The van der Waals surface area contributed by atoms with Crippen molar-refractivity contribution in [1.29, 1.82) is 0 Å². The summed E-state index contributed by atoms with van der Waals surface area (Å²) < 4.78 is 0. The van der Waals surface area contributed by atoms with Gasteiger partial charge in [0.1, 0.15) is 0 Å². The van der Waals surface area contributed by atoms with Gasteiger partial charge in [0.15, 0.2) is 0 Å². The second-order valence-corrected chi connectivity index (χ2v) is 5.62. The van der Waals surface area contributed by atoms with Gasteiger partial charge in [0.25, 0.3) is 0 Å². The van der Waals surface area contributed by atoms with Crippen LogP contribution >= 0.6 is 0 Å². The van der Waals surface area contributed by atoms with Gasteiger partial charge in [0, 0.05) is 24.8 Å². The third kappa shape index (κ3) is 3.49. The lowest BCUT2D eigenvalue weighted by atomic mass is 9.92. The maximum absolute atomic E-state index is 3.53. The van der Waals surface area contributed by atoms with E-state index in [0.717, 1.165) is 12.5 Å². The third-order valence-corrected chi connectivity index (χ3v) is 3.96. The van der Waals surface area contributed by atoms with Crippen LogP contribution in [0, 0.1) is 12.8 Å². The molecule has 0 bridgehead atoms. The Morgan fingerprint density at radius 1 is 1.39 bits per heavy atom. The molecule has 2 atom stereocenters.